The first-order valence-corrected chi connectivity index (χ1v) is 11.5. The number of amides is 1. The molecule has 0 fully saturated rings. The molecule has 0 aliphatic rings. The van der Waals surface area contributed by atoms with Gasteiger partial charge in [-0.15, -0.1) is 0 Å². The van der Waals surface area contributed by atoms with Crippen molar-refractivity contribution in [3.05, 3.63) is 47.1 Å². The number of aryl methyl sites for hydroxylation is 1. The van der Waals surface area contributed by atoms with Gasteiger partial charge in [-0.25, -0.2) is 13.1 Å². The maximum Gasteiger partial charge on any atom is 0.226 e. The minimum Gasteiger partial charge on any atom is -0.352 e. The number of sulfonamides is 1. The van der Waals surface area contributed by atoms with E-state index in [9.17, 15) is 13.2 Å². The molecular formula is C20H30N4O4S. The van der Waals surface area contributed by atoms with Gasteiger partial charge >= 0.3 is 0 Å². The minimum atomic E-state index is -3.43. The monoisotopic (exact) mass is 422 g/mol. The molecule has 0 unspecified atom stereocenters. The molecule has 1 amide bonds. The van der Waals surface area contributed by atoms with Gasteiger partial charge in [0.15, 0.2) is 5.82 Å². The van der Waals surface area contributed by atoms with E-state index in [1.54, 1.807) is 26.0 Å². The SMILES string of the molecule is CC(C)NS(=O)(=O)Cc1ccccc1CNC(=O)CCCc1nc(C(C)C)no1. The van der Waals surface area contributed by atoms with Gasteiger partial charge in [-0.05, 0) is 31.4 Å². The van der Waals surface area contributed by atoms with Crippen molar-refractivity contribution in [3.8, 4) is 0 Å². The lowest BCUT2D eigenvalue weighted by atomic mass is 10.1. The van der Waals surface area contributed by atoms with Crippen LogP contribution in [0.15, 0.2) is 28.8 Å². The summed E-state index contributed by atoms with van der Waals surface area (Å²) < 4.78 is 32.2. The van der Waals surface area contributed by atoms with Crippen molar-refractivity contribution >= 4 is 15.9 Å². The Morgan fingerprint density at radius 1 is 1.14 bits per heavy atom. The molecule has 160 valence electrons. The van der Waals surface area contributed by atoms with Crippen LogP contribution in [0.25, 0.3) is 0 Å². The first kappa shape index (κ1) is 23.0. The second-order valence-electron chi connectivity index (χ2n) is 7.63. The number of hydrogen-bond acceptors (Lipinski definition) is 6. The van der Waals surface area contributed by atoms with Crippen LogP contribution in [0.2, 0.25) is 0 Å². The van der Waals surface area contributed by atoms with Crippen molar-refractivity contribution in [1.29, 1.82) is 0 Å². The predicted octanol–water partition coefficient (Wildman–Crippen LogP) is 2.66. The first-order chi connectivity index (χ1) is 13.7. The molecule has 2 N–H and O–H groups in total. The normalized spacial score (nSPS) is 11.9. The molecule has 0 saturated heterocycles. The standard InChI is InChI=1S/C20H30N4O4S/c1-14(2)20-22-19(28-23-20)11-7-10-18(25)21-12-16-8-5-6-9-17(16)13-29(26,27)24-15(3)4/h5-6,8-9,14-15,24H,7,10-13H2,1-4H3,(H,21,25). The number of hydrogen-bond donors (Lipinski definition) is 2. The van der Waals surface area contributed by atoms with Gasteiger partial charge < -0.3 is 9.84 Å². The summed E-state index contributed by atoms with van der Waals surface area (Å²) in [5.74, 6) is 1.19. The molecule has 0 aliphatic heterocycles. The van der Waals surface area contributed by atoms with Gasteiger partial charge in [0.25, 0.3) is 0 Å². The molecule has 1 heterocycles. The third kappa shape index (κ3) is 7.94. The Bertz CT molecular complexity index is 907. The van der Waals surface area contributed by atoms with Crippen molar-refractivity contribution in [1.82, 2.24) is 20.2 Å². The number of carbonyl (C=O) groups is 1. The van der Waals surface area contributed by atoms with Crippen molar-refractivity contribution in [2.75, 3.05) is 0 Å². The van der Waals surface area contributed by atoms with Crippen LogP contribution in [0.1, 0.15) is 69.3 Å². The highest BCUT2D eigenvalue weighted by Gasteiger charge is 2.16. The van der Waals surface area contributed by atoms with Crippen LogP contribution in [0, 0.1) is 0 Å². The maximum atomic E-state index is 12.2. The molecule has 0 aliphatic carbocycles. The summed E-state index contributed by atoms with van der Waals surface area (Å²) >= 11 is 0. The second-order valence-corrected chi connectivity index (χ2v) is 9.39. The third-order valence-electron chi connectivity index (χ3n) is 4.15. The molecular weight excluding hydrogens is 392 g/mol. The predicted molar refractivity (Wildman–Crippen MR) is 111 cm³/mol. The van der Waals surface area contributed by atoms with Crippen molar-refractivity contribution in [3.63, 3.8) is 0 Å². The Labute approximate surface area is 172 Å². The molecule has 2 rings (SSSR count). The summed E-state index contributed by atoms with van der Waals surface area (Å²) in [4.78, 5) is 16.4. The van der Waals surface area contributed by atoms with E-state index >= 15 is 0 Å². The van der Waals surface area contributed by atoms with Crippen LogP contribution in [0.5, 0.6) is 0 Å². The van der Waals surface area contributed by atoms with Crippen molar-refractivity contribution < 1.29 is 17.7 Å². The molecule has 0 saturated carbocycles. The van der Waals surface area contributed by atoms with E-state index in [-0.39, 0.29) is 30.2 Å². The topological polar surface area (TPSA) is 114 Å². The Balaban J connectivity index is 1.83. The molecule has 1 aromatic heterocycles. The summed E-state index contributed by atoms with van der Waals surface area (Å²) in [6, 6.07) is 7.05. The van der Waals surface area contributed by atoms with E-state index in [2.05, 4.69) is 20.2 Å². The Morgan fingerprint density at radius 2 is 1.83 bits per heavy atom. The fourth-order valence-electron chi connectivity index (χ4n) is 2.76. The summed E-state index contributed by atoms with van der Waals surface area (Å²) in [5, 5.41) is 6.76. The molecule has 8 nitrogen and oxygen atoms in total. The lowest BCUT2D eigenvalue weighted by Gasteiger charge is -2.13. The fraction of sp³-hybridized carbons (Fsp3) is 0.550. The quantitative estimate of drug-likeness (QED) is 0.575. The van der Waals surface area contributed by atoms with Gasteiger partial charge in [0.2, 0.25) is 21.8 Å². The van der Waals surface area contributed by atoms with Crippen LogP contribution < -0.4 is 10.0 Å². The zero-order chi connectivity index (χ0) is 21.4. The number of carbonyl (C=O) groups excluding carboxylic acids is 1. The van der Waals surface area contributed by atoms with Gasteiger partial charge in [-0.1, -0.05) is 43.3 Å². The van der Waals surface area contributed by atoms with E-state index in [0.29, 0.717) is 36.5 Å². The second kappa shape index (κ2) is 10.5. The summed E-state index contributed by atoms with van der Waals surface area (Å²) in [6.45, 7) is 7.82. The minimum absolute atomic E-state index is 0.105. The van der Waals surface area contributed by atoms with E-state index < -0.39 is 10.0 Å². The van der Waals surface area contributed by atoms with E-state index in [1.807, 2.05) is 26.0 Å². The highest BCUT2D eigenvalue weighted by molar-refractivity contribution is 7.88. The van der Waals surface area contributed by atoms with Crippen LogP contribution in [-0.2, 0) is 33.5 Å². The van der Waals surface area contributed by atoms with Gasteiger partial charge in [-0.3, -0.25) is 4.79 Å². The molecule has 29 heavy (non-hydrogen) atoms. The smallest absolute Gasteiger partial charge is 0.226 e. The third-order valence-corrected chi connectivity index (χ3v) is 5.67. The highest BCUT2D eigenvalue weighted by Crippen LogP contribution is 2.13. The van der Waals surface area contributed by atoms with Crippen LogP contribution >= 0.6 is 0 Å². The number of nitrogens with zero attached hydrogens (tertiary/aromatic N) is 2. The molecule has 0 radical (unpaired) electrons. The molecule has 9 heteroatoms. The fourth-order valence-corrected chi connectivity index (χ4v) is 4.26. The van der Waals surface area contributed by atoms with Crippen molar-refractivity contribution in [2.24, 2.45) is 0 Å². The van der Waals surface area contributed by atoms with Crippen LogP contribution in [0.4, 0.5) is 0 Å². The number of aromatic nitrogens is 2. The summed E-state index contributed by atoms with van der Waals surface area (Å²) in [5.41, 5.74) is 1.46. The van der Waals surface area contributed by atoms with E-state index in [1.165, 1.54) is 0 Å². The van der Waals surface area contributed by atoms with Gasteiger partial charge in [0.1, 0.15) is 0 Å². The number of benzene rings is 1. The Kier molecular flexibility index (Phi) is 8.33. The van der Waals surface area contributed by atoms with E-state index in [0.717, 1.165) is 5.56 Å². The van der Waals surface area contributed by atoms with Crippen molar-refractivity contribution in [2.45, 2.75) is 71.2 Å². The average Bonchev–Trinajstić information content (AvgIpc) is 3.09. The Hall–Kier alpha value is -2.26. The highest BCUT2D eigenvalue weighted by atomic mass is 32.2. The summed E-state index contributed by atoms with van der Waals surface area (Å²) in [7, 11) is -3.43. The molecule has 2 aromatic rings. The van der Waals surface area contributed by atoms with Gasteiger partial charge in [0, 0.05) is 31.3 Å². The molecule has 0 bridgehead atoms. The zero-order valence-corrected chi connectivity index (χ0v) is 18.3. The lowest BCUT2D eigenvalue weighted by molar-refractivity contribution is -0.121. The number of rotatable bonds is 11. The van der Waals surface area contributed by atoms with Gasteiger partial charge in [-0.2, -0.15) is 4.98 Å². The van der Waals surface area contributed by atoms with Gasteiger partial charge in [0.05, 0.1) is 5.75 Å². The van der Waals surface area contributed by atoms with Crippen LogP contribution in [0.3, 0.4) is 0 Å². The maximum absolute atomic E-state index is 12.2. The Morgan fingerprint density at radius 3 is 2.45 bits per heavy atom. The molecule has 0 atom stereocenters. The van der Waals surface area contributed by atoms with Crippen LogP contribution in [-0.4, -0.2) is 30.5 Å². The summed E-state index contributed by atoms with van der Waals surface area (Å²) in [6.07, 6.45) is 1.47. The van der Waals surface area contributed by atoms with E-state index in [4.69, 9.17) is 4.52 Å². The number of nitrogens with one attached hydrogen (secondary N) is 2. The average molecular weight is 423 g/mol. The zero-order valence-electron chi connectivity index (χ0n) is 17.4. The largest absolute Gasteiger partial charge is 0.352 e. The lowest BCUT2D eigenvalue weighted by Crippen LogP contribution is -2.31. The first-order valence-electron chi connectivity index (χ1n) is 9.82. The molecule has 0 spiro atoms. The molecule has 1 aromatic carbocycles.